The van der Waals surface area contributed by atoms with Crippen molar-refractivity contribution in [1.29, 1.82) is 0 Å². The van der Waals surface area contributed by atoms with Crippen LogP contribution in [-0.4, -0.2) is 5.33 Å². The fourth-order valence-electron chi connectivity index (χ4n) is 1.70. The Morgan fingerprint density at radius 2 is 2.09 bits per heavy atom. The van der Waals surface area contributed by atoms with Gasteiger partial charge in [0.25, 0.3) is 0 Å². The van der Waals surface area contributed by atoms with Crippen molar-refractivity contribution in [3.63, 3.8) is 0 Å². The summed E-state index contributed by atoms with van der Waals surface area (Å²) in [6, 6.07) is 0. The molecular weight excluding hydrogens is 200 g/mol. The zero-order chi connectivity index (χ0) is 8.10. The van der Waals surface area contributed by atoms with Crippen molar-refractivity contribution in [2.75, 3.05) is 5.33 Å². The van der Waals surface area contributed by atoms with Gasteiger partial charge in [-0.1, -0.05) is 34.5 Å². The van der Waals surface area contributed by atoms with E-state index in [0.717, 1.165) is 5.92 Å². The molecule has 0 unspecified atom stereocenters. The van der Waals surface area contributed by atoms with E-state index in [9.17, 15) is 0 Å². The van der Waals surface area contributed by atoms with Gasteiger partial charge in [0.2, 0.25) is 0 Å². The summed E-state index contributed by atoms with van der Waals surface area (Å²) in [5.74, 6) is 0.948. The number of hydrogen-bond acceptors (Lipinski definition) is 0. The lowest BCUT2D eigenvalue weighted by Gasteiger charge is -2.21. The summed E-state index contributed by atoms with van der Waals surface area (Å²) in [6.07, 6.45) is 9.13. The van der Waals surface area contributed by atoms with Crippen LogP contribution >= 0.6 is 15.9 Å². The van der Waals surface area contributed by atoms with Crippen LogP contribution in [0, 0.1) is 5.92 Å². The average molecular weight is 217 g/mol. The smallest absolute Gasteiger partial charge is 0.00598 e. The van der Waals surface area contributed by atoms with Crippen molar-refractivity contribution in [3.05, 3.63) is 11.6 Å². The van der Waals surface area contributed by atoms with Crippen molar-refractivity contribution in [3.8, 4) is 0 Å². The van der Waals surface area contributed by atoms with Crippen LogP contribution in [0.3, 0.4) is 0 Å². The van der Waals surface area contributed by atoms with E-state index >= 15 is 0 Å². The Kier molecular flexibility index (Phi) is 4.21. The highest BCUT2D eigenvalue weighted by atomic mass is 79.9. The van der Waals surface area contributed by atoms with E-state index < -0.39 is 0 Å². The zero-order valence-corrected chi connectivity index (χ0v) is 8.86. The average Bonchev–Trinajstić information content (AvgIpc) is 2.07. The van der Waals surface area contributed by atoms with E-state index in [1.807, 2.05) is 0 Å². The number of alkyl halides is 1. The van der Waals surface area contributed by atoms with Gasteiger partial charge in [0.05, 0.1) is 0 Å². The molecule has 0 saturated heterocycles. The first kappa shape index (κ1) is 9.31. The van der Waals surface area contributed by atoms with Gasteiger partial charge in [-0.2, -0.15) is 0 Å². The molecule has 0 radical (unpaired) electrons. The lowest BCUT2D eigenvalue weighted by atomic mass is 9.87. The van der Waals surface area contributed by atoms with E-state index in [0.29, 0.717) is 0 Å². The van der Waals surface area contributed by atoms with Crippen molar-refractivity contribution in [2.24, 2.45) is 5.92 Å². The zero-order valence-electron chi connectivity index (χ0n) is 7.28. The van der Waals surface area contributed by atoms with Crippen LogP contribution in [0.15, 0.2) is 11.6 Å². The molecule has 0 N–H and O–H groups in total. The fraction of sp³-hybridized carbons (Fsp3) is 0.800. The normalized spacial score (nSPS) is 25.3. The predicted octanol–water partition coefficient (Wildman–Crippen LogP) is 3.91. The molecule has 0 aliphatic heterocycles. The lowest BCUT2D eigenvalue weighted by molar-refractivity contribution is 0.452. The van der Waals surface area contributed by atoms with Crippen LogP contribution in [0.2, 0.25) is 0 Å². The molecule has 0 spiro atoms. The first-order chi connectivity index (χ1) is 5.36. The summed E-state index contributed by atoms with van der Waals surface area (Å²) in [6.45, 7) is 2.23. The van der Waals surface area contributed by atoms with Crippen LogP contribution in [0.1, 0.15) is 39.0 Å². The highest BCUT2D eigenvalue weighted by Gasteiger charge is 2.14. The Morgan fingerprint density at radius 1 is 1.45 bits per heavy atom. The highest BCUT2D eigenvalue weighted by molar-refractivity contribution is 9.09. The molecule has 0 aromatic rings. The number of rotatable bonds is 2. The maximum absolute atomic E-state index is 3.55. The van der Waals surface area contributed by atoms with E-state index in [4.69, 9.17) is 0 Å². The first-order valence-electron chi connectivity index (χ1n) is 4.60. The Bertz CT molecular complexity index is 128. The molecule has 1 saturated carbocycles. The van der Waals surface area contributed by atoms with Crippen molar-refractivity contribution in [1.82, 2.24) is 0 Å². The minimum Gasteiger partial charge on any atom is -0.0925 e. The second-order valence-electron chi connectivity index (χ2n) is 3.37. The Labute approximate surface area is 78.2 Å². The fourth-order valence-corrected chi connectivity index (χ4v) is 2.34. The second kappa shape index (κ2) is 4.97. The number of hydrogen-bond donors (Lipinski definition) is 0. The van der Waals surface area contributed by atoms with Gasteiger partial charge in [-0.25, -0.2) is 0 Å². The second-order valence-corrected chi connectivity index (χ2v) is 4.02. The maximum atomic E-state index is 3.55. The van der Waals surface area contributed by atoms with E-state index in [-0.39, 0.29) is 0 Å². The van der Waals surface area contributed by atoms with Crippen molar-refractivity contribution in [2.45, 2.75) is 39.0 Å². The van der Waals surface area contributed by atoms with Crippen LogP contribution in [-0.2, 0) is 0 Å². The molecule has 0 nitrogen and oxygen atoms in total. The van der Waals surface area contributed by atoms with Gasteiger partial charge in [-0.05, 0) is 38.0 Å². The van der Waals surface area contributed by atoms with Gasteiger partial charge in [-0.15, -0.1) is 0 Å². The monoisotopic (exact) mass is 216 g/mol. The Hall–Kier alpha value is 0.220. The predicted molar refractivity (Wildman–Crippen MR) is 54.1 cm³/mol. The SMILES string of the molecule is CCC=C1CCC(CBr)CC1. The Balaban J connectivity index is 2.30. The molecule has 11 heavy (non-hydrogen) atoms. The minimum atomic E-state index is 0.948. The van der Waals surface area contributed by atoms with Gasteiger partial charge < -0.3 is 0 Å². The van der Waals surface area contributed by atoms with E-state index in [1.54, 1.807) is 5.57 Å². The van der Waals surface area contributed by atoms with Crippen molar-refractivity contribution >= 4 is 15.9 Å². The summed E-state index contributed by atoms with van der Waals surface area (Å²) >= 11 is 3.55. The maximum Gasteiger partial charge on any atom is 0.00598 e. The topological polar surface area (TPSA) is 0 Å². The largest absolute Gasteiger partial charge is 0.0925 e. The summed E-state index contributed by atoms with van der Waals surface area (Å²) in [4.78, 5) is 0. The molecule has 1 fully saturated rings. The third-order valence-corrected chi connectivity index (χ3v) is 3.37. The van der Waals surface area contributed by atoms with E-state index in [2.05, 4.69) is 28.9 Å². The highest BCUT2D eigenvalue weighted by Crippen LogP contribution is 2.29. The quantitative estimate of drug-likeness (QED) is 0.486. The molecule has 1 aliphatic carbocycles. The molecule has 1 aliphatic rings. The molecule has 0 atom stereocenters. The number of halogens is 1. The summed E-state index contributed by atoms with van der Waals surface area (Å²) in [5, 5.41) is 1.20. The summed E-state index contributed by atoms with van der Waals surface area (Å²) in [7, 11) is 0. The lowest BCUT2D eigenvalue weighted by Crippen LogP contribution is -2.08. The summed E-state index contributed by atoms with van der Waals surface area (Å²) < 4.78 is 0. The molecule has 0 bridgehead atoms. The van der Waals surface area contributed by atoms with Gasteiger partial charge in [-0.3, -0.25) is 0 Å². The molecule has 0 aromatic heterocycles. The standard InChI is InChI=1S/C10H17Br/c1-2-3-9-4-6-10(8-11)7-5-9/h3,10H,2,4-8H2,1H3. The summed E-state index contributed by atoms with van der Waals surface area (Å²) in [5.41, 5.74) is 1.70. The van der Waals surface area contributed by atoms with Gasteiger partial charge in [0.15, 0.2) is 0 Å². The first-order valence-corrected chi connectivity index (χ1v) is 5.72. The number of allylic oxidation sites excluding steroid dienone is 2. The third kappa shape index (κ3) is 2.98. The minimum absolute atomic E-state index is 0.948. The molecule has 64 valence electrons. The molecule has 1 rings (SSSR count). The van der Waals surface area contributed by atoms with E-state index in [1.165, 1.54) is 37.4 Å². The van der Waals surface area contributed by atoms with Gasteiger partial charge in [0, 0.05) is 5.33 Å². The van der Waals surface area contributed by atoms with Crippen molar-refractivity contribution < 1.29 is 0 Å². The molecule has 0 heterocycles. The third-order valence-electron chi connectivity index (χ3n) is 2.46. The van der Waals surface area contributed by atoms with Gasteiger partial charge in [0.1, 0.15) is 0 Å². The van der Waals surface area contributed by atoms with Crippen LogP contribution in [0.25, 0.3) is 0 Å². The van der Waals surface area contributed by atoms with Crippen LogP contribution < -0.4 is 0 Å². The van der Waals surface area contributed by atoms with Crippen LogP contribution in [0.5, 0.6) is 0 Å². The molecular formula is C10H17Br. The molecule has 0 amide bonds. The van der Waals surface area contributed by atoms with Crippen LogP contribution in [0.4, 0.5) is 0 Å². The molecule has 1 heteroatoms. The van der Waals surface area contributed by atoms with Gasteiger partial charge >= 0.3 is 0 Å². The Morgan fingerprint density at radius 3 is 2.55 bits per heavy atom. The molecule has 0 aromatic carbocycles.